The van der Waals surface area contributed by atoms with Crippen molar-refractivity contribution in [1.82, 2.24) is 14.9 Å². The number of hydrogen-bond donors (Lipinski definition) is 0. The fourth-order valence-corrected chi connectivity index (χ4v) is 4.80. The lowest BCUT2D eigenvalue weighted by atomic mass is 9.90. The zero-order valence-corrected chi connectivity index (χ0v) is 22.8. The molecule has 0 radical (unpaired) electrons. The largest absolute Gasteiger partial charge is 0.493 e. The first kappa shape index (κ1) is 27.3. The van der Waals surface area contributed by atoms with Crippen LogP contribution < -0.4 is 14.5 Å². The van der Waals surface area contributed by atoms with Crippen molar-refractivity contribution < 1.29 is 14.3 Å². The molecule has 0 saturated heterocycles. The number of fused-ring (bicyclic) bond motifs is 1. The highest BCUT2D eigenvalue weighted by molar-refractivity contribution is 6.20. The number of ether oxygens (including phenoxy) is 1. The van der Waals surface area contributed by atoms with E-state index in [1.54, 1.807) is 36.9 Å². The number of aromatic nitrogens is 2. The monoisotopic (exact) mass is 515 g/mol. The fourth-order valence-electron chi connectivity index (χ4n) is 4.80. The molecule has 1 aliphatic rings. The van der Waals surface area contributed by atoms with Gasteiger partial charge in [0.05, 0.1) is 18.0 Å². The smallest absolute Gasteiger partial charge is 0.242 e. The Hall–Kier alpha value is -3.78. The van der Waals surface area contributed by atoms with Gasteiger partial charge in [-0.15, -0.1) is 0 Å². The Balaban J connectivity index is 1.40. The maximum Gasteiger partial charge on any atom is 0.242 e. The van der Waals surface area contributed by atoms with Crippen LogP contribution in [-0.4, -0.2) is 60.0 Å². The summed E-state index contributed by atoms with van der Waals surface area (Å²) in [5.74, 6) is 0.272. The molecule has 2 aromatic heterocycles. The number of hydrogen-bond acceptors (Lipinski definition) is 6. The van der Waals surface area contributed by atoms with Crippen LogP contribution in [0.2, 0.25) is 0 Å². The number of rotatable bonds is 11. The van der Waals surface area contributed by atoms with E-state index in [0.717, 1.165) is 32.5 Å². The van der Waals surface area contributed by atoms with Crippen LogP contribution in [0.3, 0.4) is 0 Å². The summed E-state index contributed by atoms with van der Waals surface area (Å²) >= 11 is 0. The molecule has 1 aromatic carbocycles. The van der Waals surface area contributed by atoms with Crippen molar-refractivity contribution >= 4 is 23.2 Å². The molecule has 8 heteroatoms. The summed E-state index contributed by atoms with van der Waals surface area (Å²) in [7, 11) is 1.72. The number of benzene rings is 1. The van der Waals surface area contributed by atoms with Gasteiger partial charge in [0.2, 0.25) is 11.8 Å². The predicted molar refractivity (Wildman–Crippen MR) is 149 cm³/mol. The van der Waals surface area contributed by atoms with Gasteiger partial charge in [0, 0.05) is 64.1 Å². The van der Waals surface area contributed by atoms with E-state index in [1.807, 2.05) is 61.9 Å². The zero-order valence-electron chi connectivity index (χ0n) is 22.8. The van der Waals surface area contributed by atoms with E-state index in [-0.39, 0.29) is 11.8 Å². The molecule has 0 bridgehead atoms. The minimum Gasteiger partial charge on any atom is -0.493 e. The Morgan fingerprint density at radius 3 is 2.42 bits per heavy atom. The van der Waals surface area contributed by atoms with Crippen molar-refractivity contribution in [2.75, 3.05) is 43.1 Å². The van der Waals surface area contributed by atoms with Gasteiger partial charge in [-0.25, -0.2) is 0 Å². The lowest BCUT2D eigenvalue weighted by Crippen LogP contribution is -2.47. The van der Waals surface area contributed by atoms with Crippen LogP contribution in [0.4, 0.5) is 11.4 Å². The van der Waals surface area contributed by atoms with Gasteiger partial charge in [-0.2, -0.15) is 0 Å². The SMILES string of the molecule is CCN1C(=O)C(C)(C)C(=O)N(C)c2ccc(OCCCN(CCc3cccnc3)Cc3ccncc3)cc21. The maximum absolute atomic E-state index is 13.2. The van der Waals surface area contributed by atoms with Crippen molar-refractivity contribution in [3.8, 4) is 5.75 Å². The highest BCUT2D eigenvalue weighted by atomic mass is 16.5. The van der Waals surface area contributed by atoms with E-state index in [1.165, 1.54) is 11.1 Å². The molecule has 3 heterocycles. The van der Waals surface area contributed by atoms with Crippen LogP contribution in [0.15, 0.2) is 67.3 Å². The van der Waals surface area contributed by atoms with Crippen molar-refractivity contribution in [3.63, 3.8) is 0 Å². The van der Waals surface area contributed by atoms with Crippen LogP contribution >= 0.6 is 0 Å². The van der Waals surface area contributed by atoms with E-state index in [9.17, 15) is 9.59 Å². The lowest BCUT2D eigenvalue weighted by Gasteiger charge is -2.27. The van der Waals surface area contributed by atoms with E-state index in [0.29, 0.717) is 30.3 Å². The van der Waals surface area contributed by atoms with Gasteiger partial charge < -0.3 is 14.5 Å². The molecule has 0 atom stereocenters. The predicted octanol–water partition coefficient (Wildman–Crippen LogP) is 4.35. The highest BCUT2D eigenvalue weighted by Gasteiger charge is 2.45. The quantitative estimate of drug-likeness (QED) is 0.279. The Labute approximate surface area is 225 Å². The van der Waals surface area contributed by atoms with Gasteiger partial charge in [0.15, 0.2) is 0 Å². The van der Waals surface area contributed by atoms with Crippen LogP contribution in [-0.2, 0) is 22.6 Å². The minimum atomic E-state index is -1.13. The molecular weight excluding hydrogens is 478 g/mol. The second-order valence-corrected chi connectivity index (χ2v) is 10.1. The van der Waals surface area contributed by atoms with Crippen LogP contribution in [0.1, 0.15) is 38.3 Å². The van der Waals surface area contributed by atoms with Gasteiger partial charge in [-0.3, -0.25) is 24.5 Å². The fraction of sp³-hybridized carbons (Fsp3) is 0.400. The summed E-state index contributed by atoms with van der Waals surface area (Å²) in [6.07, 6.45) is 9.14. The Morgan fingerprint density at radius 1 is 0.921 bits per heavy atom. The van der Waals surface area contributed by atoms with E-state index in [4.69, 9.17) is 4.74 Å². The van der Waals surface area contributed by atoms with Gasteiger partial charge in [0.25, 0.3) is 0 Å². The van der Waals surface area contributed by atoms with Crippen LogP contribution in [0.5, 0.6) is 5.75 Å². The first-order valence-corrected chi connectivity index (χ1v) is 13.2. The molecular formula is C30H37N5O3. The van der Waals surface area contributed by atoms with Crippen molar-refractivity contribution in [1.29, 1.82) is 0 Å². The highest BCUT2D eigenvalue weighted by Crippen LogP contribution is 2.40. The Kier molecular flexibility index (Phi) is 8.73. The molecule has 8 nitrogen and oxygen atoms in total. The maximum atomic E-state index is 13.2. The molecule has 38 heavy (non-hydrogen) atoms. The number of anilines is 2. The summed E-state index contributed by atoms with van der Waals surface area (Å²) in [6.45, 7) is 8.93. The summed E-state index contributed by atoms with van der Waals surface area (Å²) in [5, 5.41) is 0. The van der Waals surface area contributed by atoms with Crippen molar-refractivity contribution in [2.45, 2.75) is 40.2 Å². The summed E-state index contributed by atoms with van der Waals surface area (Å²) < 4.78 is 6.13. The molecule has 0 N–H and O–H groups in total. The minimum absolute atomic E-state index is 0.201. The molecule has 0 aliphatic carbocycles. The third-order valence-corrected chi connectivity index (χ3v) is 7.02. The van der Waals surface area contributed by atoms with Crippen molar-refractivity contribution in [3.05, 3.63) is 78.4 Å². The van der Waals surface area contributed by atoms with Gasteiger partial charge in [0.1, 0.15) is 11.2 Å². The van der Waals surface area contributed by atoms with Crippen LogP contribution in [0.25, 0.3) is 0 Å². The molecule has 1 aliphatic heterocycles. The molecule has 3 aromatic rings. The topological polar surface area (TPSA) is 78.9 Å². The first-order chi connectivity index (χ1) is 18.3. The second-order valence-electron chi connectivity index (χ2n) is 10.1. The molecule has 0 saturated carbocycles. The number of nitrogens with zero attached hydrogens (tertiary/aromatic N) is 5. The van der Waals surface area contributed by atoms with Gasteiger partial charge >= 0.3 is 0 Å². The van der Waals surface area contributed by atoms with Crippen LogP contribution in [0, 0.1) is 5.41 Å². The normalized spacial score (nSPS) is 15.0. The summed E-state index contributed by atoms with van der Waals surface area (Å²) in [6, 6.07) is 13.8. The first-order valence-electron chi connectivity index (χ1n) is 13.2. The number of pyridine rings is 2. The lowest BCUT2D eigenvalue weighted by molar-refractivity contribution is -0.137. The molecule has 2 amide bonds. The summed E-state index contributed by atoms with van der Waals surface area (Å²) in [5.41, 5.74) is 2.73. The molecule has 0 fully saturated rings. The van der Waals surface area contributed by atoms with Gasteiger partial charge in [-0.1, -0.05) is 6.07 Å². The van der Waals surface area contributed by atoms with Gasteiger partial charge in [-0.05, 0) is 75.1 Å². The Bertz CT molecular complexity index is 1230. The second kappa shape index (κ2) is 12.2. The number of amides is 2. The molecule has 200 valence electrons. The van der Waals surface area contributed by atoms with Crippen molar-refractivity contribution in [2.24, 2.45) is 5.41 Å². The molecule has 0 spiro atoms. The molecule has 4 rings (SSSR count). The molecule has 0 unspecified atom stereocenters. The number of carbonyl (C=O) groups excluding carboxylic acids is 2. The van der Waals surface area contributed by atoms with E-state index >= 15 is 0 Å². The van der Waals surface area contributed by atoms with E-state index in [2.05, 4.69) is 20.9 Å². The average Bonchev–Trinajstić information content (AvgIpc) is 2.99. The average molecular weight is 516 g/mol. The van der Waals surface area contributed by atoms with E-state index < -0.39 is 5.41 Å². The third-order valence-electron chi connectivity index (χ3n) is 7.02. The third kappa shape index (κ3) is 6.19. The summed E-state index contributed by atoms with van der Waals surface area (Å²) in [4.78, 5) is 40.2. The number of carbonyl (C=O) groups is 2. The zero-order chi connectivity index (χ0) is 27.1. The Morgan fingerprint density at radius 2 is 1.71 bits per heavy atom. The standard InChI is InChI=1S/C30H37N5O3/c1-5-35-27-20-25(9-10-26(27)33(4)28(36)30(2,3)29(35)37)38-19-7-17-34(22-24-11-15-31-16-12-24)18-13-23-8-6-14-32-21-23/h6,8-12,14-16,20-21H,5,7,13,17-19,22H2,1-4H3.